The second-order valence-electron chi connectivity index (χ2n) is 10.0. The van der Waals surface area contributed by atoms with Gasteiger partial charge in [0.1, 0.15) is 0 Å². The van der Waals surface area contributed by atoms with Crippen LogP contribution < -0.4 is 0 Å². The van der Waals surface area contributed by atoms with Gasteiger partial charge in [-0.1, -0.05) is 54.5 Å². The van der Waals surface area contributed by atoms with Crippen molar-refractivity contribution in [1.29, 1.82) is 0 Å². The maximum Gasteiger partial charge on any atom is 0.338 e. The van der Waals surface area contributed by atoms with Gasteiger partial charge in [0.05, 0.1) is 5.56 Å². The summed E-state index contributed by atoms with van der Waals surface area (Å²) >= 11 is 0. The Hall–Kier alpha value is -1.84. The molecule has 1 aromatic rings. The molecular weight excluding hydrogens is 350 g/mol. The summed E-state index contributed by atoms with van der Waals surface area (Å²) in [5.41, 5.74) is 2.57. The third-order valence-electron chi connectivity index (χ3n) is 5.65. The van der Waals surface area contributed by atoms with Crippen LogP contribution in [-0.4, -0.2) is 36.0 Å². The molecule has 1 fully saturated rings. The number of benzene rings is 1. The third kappa shape index (κ3) is 5.59. The summed E-state index contributed by atoms with van der Waals surface area (Å²) in [6.07, 6.45) is 4.18. The fourth-order valence-corrected chi connectivity index (χ4v) is 3.66. The predicted molar refractivity (Wildman–Crippen MR) is 114 cm³/mol. The highest BCUT2D eigenvalue weighted by Crippen LogP contribution is 2.30. The summed E-state index contributed by atoms with van der Waals surface area (Å²) in [6.45, 7) is 15.5. The van der Waals surface area contributed by atoms with Crippen molar-refractivity contribution in [2.45, 2.75) is 91.0 Å². The lowest BCUT2D eigenvalue weighted by atomic mass is 9.79. The Morgan fingerprint density at radius 3 is 2.07 bits per heavy atom. The van der Waals surface area contributed by atoms with E-state index in [-0.39, 0.29) is 29.4 Å². The molecule has 28 heavy (non-hydrogen) atoms. The minimum absolute atomic E-state index is 0.0751. The van der Waals surface area contributed by atoms with E-state index in [1.165, 1.54) is 0 Å². The van der Waals surface area contributed by atoms with E-state index in [9.17, 15) is 9.59 Å². The highest BCUT2D eigenvalue weighted by molar-refractivity contribution is 5.92. The molecule has 1 saturated heterocycles. The van der Waals surface area contributed by atoms with Gasteiger partial charge in [0.15, 0.2) is 6.61 Å². The fourth-order valence-electron chi connectivity index (χ4n) is 3.66. The molecule has 2 rings (SSSR count). The predicted octanol–water partition coefficient (Wildman–Crippen LogP) is 5.23. The SMILES string of the molecule is CCC1CCCCN1C(=O)COC(=O)c1cc(C(C)(C)C)cc(C(C)(C)C)c1. The van der Waals surface area contributed by atoms with Crippen molar-refractivity contribution >= 4 is 11.9 Å². The number of amides is 1. The molecule has 0 spiro atoms. The van der Waals surface area contributed by atoms with E-state index in [0.717, 1.165) is 43.4 Å². The fraction of sp³-hybridized carbons (Fsp3) is 0.667. The van der Waals surface area contributed by atoms with Gasteiger partial charge in [0.2, 0.25) is 0 Å². The first-order chi connectivity index (χ1) is 12.9. The zero-order valence-corrected chi connectivity index (χ0v) is 18.7. The first-order valence-electron chi connectivity index (χ1n) is 10.6. The minimum atomic E-state index is -0.421. The Bertz CT molecular complexity index is 677. The van der Waals surface area contributed by atoms with Crippen molar-refractivity contribution in [2.75, 3.05) is 13.2 Å². The number of hydrogen-bond donors (Lipinski definition) is 0. The summed E-state index contributed by atoms with van der Waals surface area (Å²) < 4.78 is 5.44. The van der Waals surface area contributed by atoms with Crippen LogP contribution in [-0.2, 0) is 20.4 Å². The summed E-state index contributed by atoms with van der Waals surface area (Å²) in [6, 6.07) is 6.24. The van der Waals surface area contributed by atoms with E-state index in [1.807, 2.05) is 17.0 Å². The van der Waals surface area contributed by atoms with Crippen molar-refractivity contribution in [3.8, 4) is 0 Å². The maximum atomic E-state index is 12.7. The van der Waals surface area contributed by atoms with Crippen molar-refractivity contribution in [2.24, 2.45) is 0 Å². The van der Waals surface area contributed by atoms with Gasteiger partial charge in [-0.25, -0.2) is 4.79 Å². The molecule has 1 atom stereocenters. The van der Waals surface area contributed by atoms with Crippen LogP contribution >= 0.6 is 0 Å². The van der Waals surface area contributed by atoms with Gasteiger partial charge >= 0.3 is 5.97 Å². The Morgan fingerprint density at radius 1 is 1.00 bits per heavy atom. The first-order valence-corrected chi connectivity index (χ1v) is 10.6. The lowest BCUT2D eigenvalue weighted by Crippen LogP contribution is -2.45. The molecule has 1 amide bonds. The molecule has 0 aromatic heterocycles. The van der Waals surface area contributed by atoms with Crippen LogP contribution in [0.1, 0.15) is 95.6 Å². The van der Waals surface area contributed by atoms with Crippen molar-refractivity contribution < 1.29 is 14.3 Å². The number of carbonyl (C=O) groups excluding carboxylic acids is 2. The van der Waals surface area contributed by atoms with Crippen LogP contribution in [0.4, 0.5) is 0 Å². The number of likely N-dealkylation sites (tertiary alicyclic amines) is 1. The molecule has 0 saturated carbocycles. The second-order valence-corrected chi connectivity index (χ2v) is 10.0. The van der Waals surface area contributed by atoms with Gasteiger partial charge < -0.3 is 9.64 Å². The third-order valence-corrected chi connectivity index (χ3v) is 5.65. The van der Waals surface area contributed by atoms with E-state index >= 15 is 0 Å². The smallest absolute Gasteiger partial charge is 0.338 e. The van der Waals surface area contributed by atoms with Gasteiger partial charge in [-0.05, 0) is 59.8 Å². The molecule has 4 nitrogen and oxygen atoms in total. The number of rotatable bonds is 4. The largest absolute Gasteiger partial charge is 0.452 e. The van der Waals surface area contributed by atoms with Crippen LogP contribution in [0.25, 0.3) is 0 Å². The van der Waals surface area contributed by atoms with E-state index in [0.29, 0.717) is 5.56 Å². The Labute approximate surface area is 170 Å². The molecule has 1 aliphatic heterocycles. The number of carbonyl (C=O) groups is 2. The number of nitrogens with zero attached hydrogens (tertiary/aromatic N) is 1. The quantitative estimate of drug-likeness (QED) is 0.665. The van der Waals surface area contributed by atoms with Crippen molar-refractivity contribution in [3.05, 3.63) is 34.9 Å². The normalized spacial score (nSPS) is 18.1. The zero-order valence-electron chi connectivity index (χ0n) is 18.7. The van der Waals surface area contributed by atoms with E-state index < -0.39 is 5.97 Å². The average Bonchev–Trinajstić information content (AvgIpc) is 2.63. The molecule has 1 aromatic carbocycles. The maximum absolute atomic E-state index is 12.7. The monoisotopic (exact) mass is 387 g/mol. The number of hydrogen-bond acceptors (Lipinski definition) is 3. The van der Waals surface area contributed by atoms with Gasteiger partial charge in [-0.15, -0.1) is 0 Å². The summed E-state index contributed by atoms with van der Waals surface area (Å²) in [5, 5.41) is 0. The van der Waals surface area contributed by atoms with Gasteiger partial charge in [0, 0.05) is 12.6 Å². The molecule has 4 heteroatoms. The Kier molecular flexibility index (Phi) is 6.95. The van der Waals surface area contributed by atoms with Crippen LogP contribution in [0.15, 0.2) is 18.2 Å². The number of esters is 1. The summed E-state index contributed by atoms with van der Waals surface area (Å²) in [5.74, 6) is -0.502. The standard InChI is InChI=1S/C24H37NO3/c1-8-20-11-9-10-12-25(20)21(26)16-28-22(27)17-13-18(23(2,3)4)15-19(14-17)24(5,6)7/h13-15,20H,8-12,16H2,1-7H3. The van der Waals surface area contributed by atoms with E-state index in [1.54, 1.807) is 0 Å². The van der Waals surface area contributed by atoms with Crippen LogP contribution in [0.2, 0.25) is 0 Å². The lowest BCUT2D eigenvalue weighted by Gasteiger charge is -2.35. The summed E-state index contributed by atoms with van der Waals surface area (Å²) in [4.78, 5) is 27.2. The minimum Gasteiger partial charge on any atom is -0.452 e. The molecule has 156 valence electrons. The lowest BCUT2D eigenvalue weighted by molar-refractivity contribution is -0.138. The van der Waals surface area contributed by atoms with Crippen LogP contribution in [0, 0.1) is 0 Å². The van der Waals surface area contributed by atoms with E-state index in [4.69, 9.17) is 4.74 Å². The average molecular weight is 388 g/mol. The zero-order chi connectivity index (χ0) is 21.1. The molecular formula is C24H37NO3. The van der Waals surface area contributed by atoms with E-state index in [2.05, 4.69) is 54.5 Å². The Balaban J connectivity index is 2.16. The molecule has 0 radical (unpaired) electrons. The van der Waals surface area contributed by atoms with Gasteiger partial charge in [-0.3, -0.25) is 4.79 Å². The van der Waals surface area contributed by atoms with Gasteiger partial charge in [0.25, 0.3) is 5.91 Å². The van der Waals surface area contributed by atoms with Crippen molar-refractivity contribution in [1.82, 2.24) is 4.90 Å². The first kappa shape index (κ1) is 22.4. The number of ether oxygens (including phenoxy) is 1. The number of piperidine rings is 1. The second kappa shape index (κ2) is 8.67. The topological polar surface area (TPSA) is 46.6 Å². The molecule has 0 N–H and O–H groups in total. The molecule has 1 aliphatic rings. The molecule has 1 unspecified atom stereocenters. The molecule has 0 aliphatic carbocycles. The summed E-state index contributed by atoms with van der Waals surface area (Å²) in [7, 11) is 0. The molecule has 0 bridgehead atoms. The van der Waals surface area contributed by atoms with Crippen LogP contribution in [0.3, 0.4) is 0 Å². The highest BCUT2D eigenvalue weighted by Gasteiger charge is 2.27. The van der Waals surface area contributed by atoms with Crippen molar-refractivity contribution in [3.63, 3.8) is 0 Å². The molecule has 1 heterocycles. The highest BCUT2D eigenvalue weighted by atomic mass is 16.5. The van der Waals surface area contributed by atoms with Gasteiger partial charge in [-0.2, -0.15) is 0 Å². The Morgan fingerprint density at radius 2 is 1.57 bits per heavy atom. The van der Waals surface area contributed by atoms with Crippen LogP contribution in [0.5, 0.6) is 0 Å².